The molecule has 0 radical (unpaired) electrons. The van der Waals surface area contributed by atoms with E-state index in [1.54, 1.807) is 12.1 Å². The fourth-order valence-corrected chi connectivity index (χ4v) is 2.06. The summed E-state index contributed by atoms with van der Waals surface area (Å²) in [6, 6.07) is 6.05. The second-order valence-corrected chi connectivity index (χ2v) is 5.17. The van der Waals surface area contributed by atoms with E-state index in [0.29, 0.717) is 12.2 Å². The van der Waals surface area contributed by atoms with Crippen molar-refractivity contribution < 1.29 is 19.8 Å². The molecule has 0 aromatic heterocycles. The molecule has 2 rings (SSSR count). The van der Waals surface area contributed by atoms with E-state index in [0.717, 1.165) is 0 Å². The van der Waals surface area contributed by atoms with Gasteiger partial charge < -0.3 is 15.1 Å². The van der Waals surface area contributed by atoms with Crippen molar-refractivity contribution in [2.45, 2.75) is 20.0 Å². The fraction of sp³-hybridized carbons (Fsp3) is 0.385. The number of benzene rings is 1. The highest BCUT2D eigenvalue weighted by Gasteiger charge is 2.45. The Morgan fingerprint density at radius 2 is 1.89 bits per heavy atom. The smallest absolute Gasteiger partial charge is 0.335 e. The number of carbonyl (C=O) groups is 2. The van der Waals surface area contributed by atoms with Crippen LogP contribution in [-0.2, 0) is 4.79 Å². The van der Waals surface area contributed by atoms with Crippen molar-refractivity contribution in [3.63, 3.8) is 0 Å². The van der Waals surface area contributed by atoms with Gasteiger partial charge >= 0.3 is 5.97 Å². The third-order valence-electron chi connectivity index (χ3n) is 3.23. The Labute approximate surface area is 105 Å². The topological polar surface area (TPSA) is 77.8 Å². The first-order valence-electron chi connectivity index (χ1n) is 5.66. The molecular weight excluding hydrogens is 234 g/mol. The number of carbonyl (C=O) groups excluding carboxylic acids is 1. The van der Waals surface area contributed by atoms with E-state index in [4.69, 9.17) is 5.11 Å². The first-order chi connectivity index (χ1) is 8.33. The second kappa shape index (κ2) is 4.10. The van der Waals surface area contributed by atoms with Gasteiger partial charge in [0.25, 0.3) is 5.91 Å². The summed E-state index contributed by atoms with van der Waals surface area (Å²) in [5, 5.41) is 18.6. The minimum atomic E-state index is -1.02. The molecule has 5 heteroatoms. The monoisotopic (exact) mass is 249 g/mol. The van der Waals surface area contributed by atoms with Crippen LogP contribution < -0.4 is 4.90 Å². The molecule has 18 heavy (non-hydrogen) atoms. The highest BCUT2D eigenvalue weighted by atomic mass is 16.4. The van der Waals surface area contributed by atoms with Crippen molar-refractivity contribution in [2.75, 3.05) is 11.4 Å². The highest BCUT2D eigenvalue weighted by molar-refractivity contribution is 6.00. The van der Waals surface area contributed by atoms with Gasteiger partial charge in [-0.3, -0.25) is 4.79 Å². The predicted octanol–water partition coefficient (Wildman–Crippen LogP) is 1.12. The van der Waals surface area contributed by atoms with Gasteiger partial charge in [0.2, 0.25) is 0 Å². The number of rotatable bonds is 2. The van der Waals surface area contributed by atoms with Crippen LogP contribution in [0.4, 0.5) is 5.69 Å². The Kier molecular flexibility index (Phi) is 2.86. The molecule has 1 aromatic carbocycles. The molecule has 0 bridgehead atoms. The summed E-state index contributed by atoms with van der Waals surface area (Å²) in [5.41, 5.74) is 0.280. The van der Waals surface area contributed by atoms with E-state index in [9.17, 15) is 14.7 Å². The molecule has 1 atom stereocenters. The highest BCUT2D eigenvalue weighted by Crippen LogP contribution is 2.33. The first-order valence-corrected chi connectivity index (χ1v) is 5.66. The lowest BCUT2D eigenvalue weighted by Gasteiger charge is -2.20. The van der Waals surface area contributed by atoms with E-state index in [1.807, 2.05) is 13.8 Å². The lowest BCUT2D eigenvalue weighted by atomic mass is 9.90. The average Bonchev–Trinajstić information content (AvgIpc) is 2.53. The third kappa shape index (κ3) is 1.97. The molecule has 1 aromatic rings. The summed E-state index contributed by atoms with van der Waals surface area (Å²) in [7, 11) is 0. The number of carboxylic acids is 1. The van der Waals surface area contributed by atoms with Crippen molar-refractivity contribution in [1.82, 2.24) is 0 Å². The van der Waals surface area contributed by atoms with Gasteiger partial charge in [-0.1, -0.05) is 13.8 Å². The Morgan fingerprint density at radius 1 is 1.33 bits per heavy atom. The Balaban J connectivity index is 2.28. The maximum atomic E-state index is 11.9. The molecule has 1 heterocycles. The summed E-state index contributed by atoms with van der Waals surface area (Å²) in [5.74, 6) is -1.35. The molecule has 0 saturated carbocycles. The number of hydrogen-bond donors (Lipinski definition) is 2. The number of aliphatic hydroxyl groups is 1. The SMILES string of the molecule is CC1(C)CN(c2ccc(C(=O)O)cc2)C(=O)[C@H]1O. The van der Waals surface area contributed by atoms with Gasteiger partial charge in [-0.05, 0) is 24.3 Å². The van der Waals surface area contributed by atoms with E-state index >= 15 is 0 Å². The summed E-state index contributed by atoms with van der Waals surface area (Å²) in [6.07, 6.45) is -1.02. The Morgan fingerprint density at radius 3 is 2.28 bits per heavy atom. The predicted molar refractivity (Wildman–Crippen MR) is 65.5 cm³/mol. The molecule has 96 valence electrons. The number of nitrogens with zero attached hydrogens (tertiary/aromatic N) is 1. The van der Waals surface area contributed by atoms with Crippen LogP contribution in [0.1, 0.15) is 24.2 Å². The van der Waals surface area contributed by atoms with Gasteiger partial charge in [0.05, 0.1) is 5.56 Å². The third-order valence-corrected chi connectivity index (χ3v) is 3.23. The molecule has 0 spiro atoms. The van der Waals surface area contributed by atoms with Gasteiger partial charge in [0.1, 0.15) is 6.10 Å². The number of hydrogen-bond acceptors (Lipinski definition) is 3. The molecule has 5 nitrogen and oxygen atoms in total. The number of carboxylic acid groups (broad SMARTS) is 1. The summed E-state index contributed by atoms with van der Waals surface area (Å²) < 4.78 is 0. The summed E-state index contributed by atoms with van der Waals surface area (Å²) in [4.78, 5) is 24.1. The number of amides is 1. The normalized spacial score (nSPS) is 22.3. The zero-order chi connectivity index (χ0) is 13.5. The summed E-state index contributed by atoms with van der Waals surface area (Å²) in [6.45, 7) is 4.06. The maximum absolute atomic E-state index is 11.9. The zero-order valence-corrected chi connectivity index (χ0v) is 10.3. The Hall–Kier alpha value is -1.88. The number of aliphatic hydroxyl groups excluding tert-OH is 1. The van der Waals surface area contributed by atoms with Gasteiger partial charge in [-0.25, -0.2) is 4.79 Å². The van der Waals surface area contributed by atoms with Crippen molar-refractivity contribution >= 4 is 17.6 Å². The van der Waals surface area contributed by atoms with Gasteiger partial charge in [0.15, 0.2) is 0 Å². The van der Waals surface area contributed by atoms with Crippen molar-refractivity contribution in [1.29, 1.82) is 0 Å². The first kappa shape index (κ1) is 12.6. The van der Waals surface area contributed by atoms with Crippen LogP contribution in [0.25, 0.3) is 0 Å². The fourth-order valence-electron chi connectivity index (χ4n) is 2.06. The minimum Gasteiger partial charge on any atom is -0.478 e. The lowest BCUT2D eigenvalue weighted by molar-refractivity contribution is -0.126. The lowest BCUT2D eigenvalue weighted by Crippen LogP contribution is -2.30. The Bertz CT molecular complexity index is 492. The number of aromatic carboxylic acids is 1. The maximum Gasteiger partial charge on any atom is 0.335 e. The van der Waals surface area contributed by atoms with Crippen LogP contribution in [0.3, 0.4) is 0 Å². The van der Waals surface area contributed by atoms with Gasteiger partial charge in [-0.2, -0.15) is 0 Å². The van der Waals surface area contributed by atoms with Crippen molar-refractivity contribution in [2.24, 2.45) is 5.41 Å². The molecule has 1 aliphatic heterocycles. The molecule has 2 N–H and O–H groups in total. The van der Waals surface area contributed by atoms with Crippen LogP contribution in [0.2, 0.25) is 0 Å². The van der Waals surface area contributed by atoms with Crippen LogP contribution in [0.5, 0.6) is 0 Å². The molecule has 1 amide bonds. The zero-order valence-electron chi connectivity index (χ0n) is 10.3. The average molecular weight is 249 g/mol. The van der Waals surface area contributed by atoms with Crippen LogP contribution in [-0.4, -0.2) is 34.7 Å². The minimum absolute atomic E-state index is 0.171. The van der Waals surface area contributed by atoms with E-state index in [1.165, 1.54) is 17.0 Å². The second-order valence-electron chi connectivity index (χ2n) is 5.17. The van der Waals surface area contributed by atoms with Crippen LogP contribution in [0, 0.1) is 5.41 Å². The molecule has 1 aliphatic rings. The quantitative estimate of drug-likeness (QED) is 0.823. The van der Waals surface area contributed by atoms with E-state index in [2.05, 4.69) is 0 Å². The molecular formula is C13H15NO4. The van der Waals surface area contributed by atoms with E-state index < -0.39 is 17.5 Å². The molecule has 1 fully saturated rings. The molecule has 0 aliphatic carbocycles. The summed E-state index contributed by atoms with van der Waals surface area (Å²) >= 11 is 0. The largest absolute Gasteiger partial charge is 0.478 e. The van der Waals surface area contributed by atoms with Crippen molar-refractivity contribution in [3.05, 3.63) is 29.8 Å². The number of anilines is 1. The standard InChI is InChI=1S/C13H15NO4/c1-13(2)7-14(11(16)10(13)15)9-5-3-8(4-6-9)12(17)18/h3-6,10,15H,7H2,1-2H3,(H,17,18)/t10-/m1/s1. The molecule has 0 unspecified atom stereocenters. The van der Waals surface area contributed by atoms with Gasteiger partial charge in [0, 0.05) is 17.6 Å². The van der Waals surface area contributed by atoms with Crippen molar-refractivity contribution in [3.8, 4) is 0 Å². The van der Waals surface area contributed by atoms with E-state index in [-0.39, 0.29) is 11.5 Å². The van der Waals surface area contributed by atoms with Gasteiger partial charge in [-0.15, -0.1) is 0 Å². The van der Waals surface area contributed by atoms with Crippen LogP contribution >= 0.6 is 0 Å². The van der Waals surface area contributed by atoms with Crippen LogP contribution in [0.15, 0.2) is 24.3 Å². The molecule has 1 saturated heterocycles.